The van der Waals surface area contributed by atoms with Gasteiger partial charge in [-0.05, 0) is 13.0 Å². The molecule has 0 aliphatic heterocycles. The Morgan fingerprint density at radius 2 is 1.79 bits per heavy atom. The van der Waals surface area contributed by atoms with Crippen LogP contribution in [0.25, 0.3) is 22.0 Å². The van der Waals surface area contributed by atoms with Gasteiger partial charge in [0.15, 0.2) is 5.82 Å². The molecule has 0 bridgehead atoms. The summed E-state index contributed by atoms with van der Waals surface area (Å²) in [6.45, 7) is 1.77. The largest absolute Gasteiger partial charge is 0.347 e. The van der Waals surface area contributed by atoms with Crippen LogP contribution in [0.1, 0.15) is 11.6 Å². The molecule has 1 amide bonds. The van der Waals surface area contributed by atoms with Gasteiger partial charge in [0.1, 0.15) is 12.4 Å². The highest BCUT2D eigenvalue weighted by Gasteiger charge is 2.14. The number of rotatable bonds is 5. The second-order valence-electron chi connectivity index (χ2n) is 6.34. The summed E-state index contributed by atoms with van der Waals surface area (Å²) in [6.07, 6.45) is 0. The van der Waals surface area contributed by atoms with Gasteiger partial charge in [0.05, 0.1) is 17.6 Å². The number of carbonyl (C=O) groups is 1. The molecule has 0 atom stereocenters. The van der Waals surface area contributed by atoms with E-state index in [-0.39, 0.29) is 24.6 Å². The van der Waals surface area contributed by atoms with E-state index in [0.29, 0.717) is 22.7 Å². The molecule has 2 aromatic carbocycles. The van der Waals surface area contributed by atoms with Crippen molar-refractivity contribution in [1.82, 2.24) is 30.3 Å². The van der Waals surface area contributed by atoms with E-state index in [9.17, 15) is 9.59 Å². The van der Waals surface area contributed by atoms with Gasteiger partial charge in [0.25, 0.3) is 5.56 Å². The van der Waals surface area contributed by atoms with Crippen molar-refractivity contribution in [2.45, 2.75) is 20.0 Å². The van der Waals surface area contributed by atoms with E-state index >= 15 is 0 Å². The minimum Gasteiger partial charge on any atom is -0.347 e. The number of nitrogens with zero attached hydrogens (tertiary/aromatic N) is 4. The third-order valence-electron chi connectivity index (χ3n) is 4.30. The van der Waals surface area contributed by atoms with Gasteiger partial charge in [-0.3, -0.25) is 14.7 Å². The summed E-state index contributed by atoms with van der Waals surface area (Å²) in [7, 11) is 0. The Morgan fingerprint density at radius 1 is 1.07 bits per heavy atom. The molecule has 8 heteroatoms. The Morgan fingerprint density at radius 3 is 2.50 bits per heavy atom. The zero-order chi connectivity index (χ0) is 19.5. The average molecular weight is 374 g/mol. The van der Waals surface area contributed by atoms with Crippen molar-refractivity contribution in [3.05, 3.63) is 76.6 Å². The summed E-state index contributed by atoms with van der Waals surface area (Å²) in [5.41, 5.74) is 1.23. The number of fused-ring (bicyclic) bond motifs is 1. The first kappa shape index (κ1) is 17.6. The molecular formula is C20H18N6O2. The Hall–Kier alpha value is -3.81. The topological polar surface area (TPSA) is 106 Å². The number of carbonyl (C=O) groups excluding carboxylic acids is 1. The van der Waals surface area contributed by atoms with Gasteiger partial charge >= 0.3 is 0 Å². The van der Waals surface area contributed by atoms with Crippen LogP contribution in [-0.4, -0.2) is 30.9 Å². The van der Waals surface area contributed by atoms with Crippen molar-refractivity contribution in [2.75, 3.05) is 0 Å². The van der Waals surface area contributed by atoms with Crippen LogP contribution in [0, 0.1) is 6.92 Å². The van der Waals surface area contributed by atoms with Gasteiger partial charge in [-0.2, -0.15) is 10.2 Å². The molecule has 0 radical (unpaired) electrons. The first-order valence-electron chi connectivity index (χ1n) is 8.81. The van der Waals surface area contributed by atoms with E-state index in [1.807, 2.05) is 42.5 Å². The maximum atomic E-state index is 12.8. The summed E-state index contributed by atoms with van der Waals surface area (Å²) in [5, 5.41) is 15.2. The maximum absolute atomic E-state index is 12.8. The lowest BCUT2D eigenvalue weighted by atomic mass is 10.1. The molecule has 2 heterocycles. The second-order valence-corrected chi connectivity index (χ2v) is 6.34. The molecule has 4 rings (SSSR count). The highest BCUT2D eigenvalue weighted by molar-refractivity contribution is 5.93. The molecule has 0 unspecified atom stereocenters. The van der Waals surface area contributed by atoms with E-state index in [0.717, 1.165) is 10.9 Å². The average Bonchev–Trinajstić information content (AvgIpc) is 3.14. The van der Waals surface area contributed by atoms with Crippen LogP contribution in [0.4, 0.5) is 0 Å². The molecule has 0 saturated heterocycles. The van der Waals surface area contributed by atoms with Crippen LogP contribution in [0.2, 0.25) is 0 Å². The van der Waals surface area contributed by atoms with Gasteiger partial charge in [-0.25, -0.2) is 9.67 Å². The van der Waals surface area contributed by atoms with Crippen molar-refractivity contribution in [1.29, 1.82) is 0 Å². The molecule has 140 valence electrons. The summed E-state index contributed by atoms with van der Waals surface area (Å²) < 4.78 is 1.20. The predicted octanol–water partition coefficient (Wildman–Crippen LogP) is 1.81. The fourth-order valence-corrected chi connectivity index (χ4v) is 2.99. The number of aromatic amines is 1. The molecular weight excluding hydrogens is 356 g/mol. The summed E-state index contributed by atoms with van der Waals surface area (Å²) in [5.74, 6) is 0.810. The first-order chi connectivity index (χ1) is 13.6. The van der Waals surface area contributed by atoms with E-state index in [1.165, 1.54) is 4.68 Å². The standard InChI is InChI=1S/C20H18N6O2/c1-13-22-17(24-23-13)11-21-18(27)12-26-20(28)16-10-6-5-9-15(16)19(25-26)14-7-3-2-4-8-14/h2-10H,11-12H2,1H3,(H,21,27)(H,22,23,24). The molecule has 2 aromatic heterocycles. The highest BCUT2D eigenvalue weighted by Crippen LogP contribution is 2.24. The van der Waals surface area contributed by atoms with Gasteiger partial charge in [0.2, 0.25) is 5.91 Å². The molecule has 28 heavy (non-hydrogen) atoms. The molecule has 0 saturated carbocycles. The molecule has 0 fully saturated rings. The Kier molecular flexibility index (Phi) is 4.67. The lowest BCUT2D eigenvalue weighted by Gasteiger charge is -2.11. The highest BCUT2D eigenvalue weighted by atomic mass is 16.2. The number of hydrogen-bond donors (Lipinski definition) is 2. The molecule has 8 nitrogen and oxygen atoms in total. The fourth-order valence-electron chi connectivity index (χ4n) is 2.99. The van der Waals surface area contributed by atoms with Gasteiger partial charge in [-0.1, -0.05) is 48.5 Å². The van der Waals surface area contributed by atoms with Gasteiger partial charge in [-0.15, -0.1) is 0 Å². The monoisotopic (exact) mass is 374 g/mol. The van der Waals surface area contributed by atoms with Crippen molar-refractivity contribution < 1.29 is 4.79 Å². The molecule has 0 aliphatic carbocycles. The third-order valence-corrected chi connectivity index (χ3v) is 4.30. The van der Waals surface area contributed by atoms with Crippen molar-refractivity contribution in [2.24, 2.45) is 0 Å². The predicted molar refractivity (Wildman–Crippen MR) is 104 cm³/mol. The first-order valence-corrected chi connectivity index (χ1v) is 8.81. The van der Waals surface area contributed by atoms with Crippen LogP contribution < -0.4 is 10.9 Å². The Balaban J connectivity index is 1.66. The van der Waals surface area contributed by atoms with Crippen molar-refractivity contribution >= 4 is 16.7 Å². The Labute approximate surface area is 160 Å². The van der Waals surface area contributed by atoms with E-state index in [1.54, 1.807) is 19.1 Å². The smallest absolute Gasteiger partial charge is 0.275 e. The number of aromatic nitrogens is 5. The number of amides is 1. The lowest BCUT2D eigenvalue weighted by Crippen LogP contribution is -2.34. The van der Waals surface area contributed by atoms with E-state index < -0.39 is 0 Å². The van der Waals surface area contributed by atoms with Crippen LogP contribution in [0.5, 0.6) is 0 Å². The number of hydrogen-bond acceptors (Lipinski definition) is 5. The second kappa shape index (κ2) is 7.43. The zero-order valence-electron chi connectivity index (χ0n) is 15.2. The van der Waals surface area contributed by atoms with Crippen LogP contribution in [0.15, 0.2) is 59.4 Å². The SMILES string of the molecule is Cc1nc(CNC(=O)Cn2nc(-c3ccccc3)c3ccccc3c2=O)n[nH]1. The molecule has 0 aliphatic rings. The van der Waals surface area contributed by atoms with E-state index in [4.69, 9.17) is 0 Å². The Bertz CT molecular complexity index is 1200. The van der Waals surface area contributed by atoms with Gasteiger partial charge in [0, 0.05) is 10.9 Å². The normalized spacial score (nSPS) is 10.9. The van der Waals surface area contributed by atoms with Crippen molar-refractivity contribution in [3.8, 4) is 11.3 Å². The van der Waals surface area contributed by atoms with Gasteiger partial charge < -0.3 is 5.32 Å². The minimum atomic E-state index is -0.341. The lowest BCUT2D eigenvalue weighted by molar-refractivity contribution is -0.122. The van der Waals surface area contributed by atoms with Crippen LogP contribution >= 0.6 is 0 Å². The fraction of sp³-hybridized carbons (Fsp3) is 0.150. The quantitative estimate of drug-likeness (QED) is 0.554. The summed E-state index contributed by atoms with van der Waals surface area (Å²) in [4.78, 5) is 29.3. The minimum absolute atomic E-state index is 0.178. The van der Waals surface area contributed by atoms with Crippen LogP contribution in [-0.2, 0) is 17.9 Å². The zero-order valence-corrected chi connectivity index (χ0v) is 15.2. The number of benzene rings is 2. The third kappa shape index (κ3) is 3.52. The van der Waals surface area contributed by atoms with Crippen molar-refractivity contribution in [3.63, 3.8) is 0 Å². The van der Waals surface area contributed by atoms with E-state index in [2.05, 4.69) is 25.6 Å². The maximum Gasteiger partial charge on any atom is 0.275 e. The molecule has 4 aromatic rings. The summed E-state index contributed by atoms with van der Waals surface area (Å²) in [6, 6.07) is 16.9. The number of nitrogens with one attached hydrogen (secondary N) is 2. The number of H-pyrrole nitrogens is 1. The molecule has 2 N–H and O–H groups in total. The number of aryl methyl sites for hydroxylation is 1. The summed E-state index contributed by atoms with van der Waals surface area (Å²) >= 11 is 0. The molecule has 0 spiro atoms. The van der Waals surface area contributed by atoms with Crippen LogP contribution in [0.3, 0.4) is 0 Å².